The van der Waals surface area contributed by atoms with E-state index in [-0.39, 0.29) is 5.82 Å². The lowest BCUT2D eigenvalue weighted by Gasteiger charge is -2.25. The maximum Gasteiger partial charge on any atom is 0.146 e. The smallest absolute Gasteiger partial charge is 0.146 e. The molecule has 1 heterocycles. The number of para-hydroxylation sites is 1. The number of rotatable bonds is 2. The van der Waals surface area contributed by atoms with Crippen LogP contribution in [-0.2, 0) is 5.33 Å². The normalized spacial score (nSPS) is 17.2. The van der Waals surface area contributed by atoms with Crippen molar-refractivity contribution in [3.63, 3.8) is 0 Å². The van der Waals surface area contributed by atoms with Crippen LogP contribution in [0.25, 0.3) is 0 Å². The van der Waals surface area contributed by atoms with Gasteiger partial charge in [-0.25, -0.2) is 4.39 Å². The summed E-state index contributed by atoms with van der Waals surface area (Å²) in [5.74, 6) is -0.0844. The lowest BCUT2D eigenvalue weighted by molar-refractivity contribution is 0.615. The second kappa shape index (κ2) is 5.67. The lowest BCUT2D eigenvalue weighted by Crippen LogP contribution is -2.26. The van der Waals surface area contributed by atoms with Gasteiger partial charge in [0.25, 0.3) is 0 Å². The Hall–Kier alpha value is -0.570. The fraction of sp³-hybridized carbons (Fsp3) is 0.538. The Morgan fingerprint density at radius 1 is 1.12 bits per heavy atom. The van der Waals surface area contributed by atoms with Gasteiger partial charge < -0.3 is 4.90 Å². The Labute approximate surface area is 105 Å². The largest absolute Gasteiger partial charge is 0.369 e. The van der Waals surface area contributed by atoms with Gasteiger partial charge in [-0.05, 0) is 24.5 Å². The highest BCUT2D eigenvalue weighted by Crippen LogP contribution is 2.28. The molecule has 0 amide bonds. The Kier molecular flexibility index (Phi) is 4.22. The third kappa shape index (κ3) is 2.57. The predicted molar refractivity (Wildman–Crippen MR) is 69.7 cm³/mol. The molecule has 1 aromatic carbocycles. The number of hydrogen-bond acceptors (Lipinski definition) is 1. The summed E-state index contributed by atoms with van der Waals surface area (Å²) >= 11 is 3.44. The fourth-order valence-electron chi connectivity index (χ4n) is 2.32. The molecular formula is C13H17BrFN. The van der Waals surface area contributed by atoms with Crippen LogP contribution in [0, 0.1) is 5.82 Å². The second-order valence-corrected chi connectivity index (χ2v) is 4.84. The standard InChI is InChI=1S/C13H17BrFN/c14-10-11-6-5-7-12(15)13(11)16-8-3-1-2-4-9-16/h5-7H,1-4,8-10H2. The molecule has 1 fully saturated rings. The minimum Gasteiger partial charge on any atom is -0.369 e. The summed E-state index contributed by atoms with van der Waals surface area (Å²) < 4.78 is 13.9. The van der Waals surface area contributed by atoms with E-state index >= 15 is 0 Å². The summed E-state index contributed by atoms with van der Waals surface area (Å²) in [6.07, 6.45) is 4.90. The summed E-state index contributed by atoms with van der Waals surface area (Å²) in [7, 11) is 0. The minimum absolute atomic E-state index is 0.0844. The van der Waals surface area contributed by atoms with E-state index in [4.69, 9.17) is 0 Å². The highest BCUT2D eigenvalue weighted by molar-refractivity contribution is 9.08. The van der Waals surface area contributed by atoms with Crippen molar-refractivity contribution in [2.75, 3.05) is 18.0 Å². The van der Waals surface area contributed by atoms with Gasteiger partial charge in [0.1, 0.15) is 5.82 Å². The number of alkyl halides is 1. The third-order valence-electron chi connectivity index (χ3n) is 3.14. The van der Waals surface area contributed by atoms with Crippen LogP contribution in [0.5, 0.6) is 0 Å². The van der Waals surface area contributed by atoms with Crippen molar-refractivity contribution < 1.29 is 4.39 Å². The first-order valence-electron chi connectivity index (χ1n) is 5.91. The van der Waals surface area contributed by atoms with Crippen LogP contribution in [0.15, 0.2) is 18.2 Å². The molecule has 0 N–H and O–H groups in total. The van der Waals surface area contributed by atoms with Crippen LogP contribution in [-0.4, -0.2) is 13.1 Å². The molecule has 0 unspecified atom stereocenters. The van der Waals surface area contributed by atoms with Crippen molar-refractivity contribution in [2.45, 2.75) is 31.0 Å². The summed E-state index contributed by atoms with van der Waals surface area (Å²) in [5.41, 5.74) is 1.86. The topological polar surface area (TPSA) is 3.24 Å². The highest BCUT2D eigenvalue weighted by atomic mass is 79.9. The highest BCUT2D eigenvalue weighted by Gasteiger charge is 2.16. The first-order valence-corrected chi connectivity index (χ1v) is 7.03. The first kappa shape index (κ1) is 11.9. The van der Waals surface area contributed by atoms with Crippen molar-refractivity contribution >= 4 is 21.6 Å². The average Bonchev–Trinajstić information content (AvgIpc) is 2.57. The number of hydrogen-bond donors (Lipinski definition) is 0. The van der Waals surface area contributed by atoms with E-state index in [1.807, 2.05) is 6.07 Å². The molecule has 0 aromatic heterocycles. The zero-order chi connectivity index (χ0) is 11.4. The van der Waals surface area contributed by atoms with Crippen molar-refractivity contribution in [1.29, 1.82) is 0 Å². The molecule has 0 spiro atoms. The number of anilines is 1. The van der Waals surface area contributed by atoms with Crippen LogP contribution in [0.2, 0.25) is 0 Å². The van der Waals surface area contributed by atoms with Gasteiger partial charge in [-0.1, -0.05) is 40.9 Å². The van der Waals surface area contributed by atoms with Gasteiger partial charge >= 0.3 is 0 Å². The Balaban J connectivity index is 2.29. The van der Waals surface area contributed by atoms with Crippen molar-refractivity contribution in [3.05, 3.63) is 29.6 Å². The molecule has 1 aliphatic heterocycles. The molecule has 1 aromatic rings. The molecule has 16 heavy (non-hydrogen) atoms. The van der Waals surface area contributed by atoms with Crippen LogP contribution in [0.4, 0.5) is 10.1 Å². The molecule has 0 bridgehead atoms. The van der Waals surface area contributed by atoms with Gasteiger partial charge in [-0.2, -0.15) is 0 Å². The van der Waals surface area contributed by atoms with E-state index in [1.165, 1.54) is 25.7 Å². The summed E-state index contributed by atoms with van der Waals surface area (Å²) in [6, 6.07) is 5.34. The monoisotopic (exact) mass is 285 g/mol. The maximum absolute atomic E-state index is 13.9. The Bertz CT molecular complexity index is 346. The van der Waals surface area contributed by atoms with E-state index in [1.54, 1.807) is 12.1 Å². The van der Waals surface area contributed by atoms with E-state index in [2.05, 4.69) is 20.8 Å². The molecule has 0 atom stereocenters. The Morgan fingerprint density at radius 2 is 1.81 bits per heavy atom. The van der Waals surface area contributed by atoms with Gasteiger partial charge in [-0.15, -0.1) is 0 Å². The summed E-state index contributed by atoms with van der Waals surface area (Å²) in [4.78, 5) is 2.21. The number of benzene rings is 1. The Morgan fingerprint density at radius 3 is 2.44 bits per heavy atom. The van der Waals surface area contributed by atoms with E-state index in [0.717, 1.165) is 29.7 Å². The predicted octanol–water partition coefficient (Wildman–Crippen LogP) is 4.10. The SMILES string of the molecule is Fc1cccc(CBr)c1N1CCCCCC1. The van der Waals surface area contributed by atoms with Crippen molar-refractivity contribution in [3.8, 4) is 0 Å². The van der Waals surface area contributed by atoms with E-state index in [0.29, 0.717) is 0 Å². The van der Waals surface area contributed by atoms with E-state index in [9.17, 15) is 4.39 Å². The molecular weight excluding hydrogens is 269 g/mol. The molecule has 1 aliphatic rings. The van der Waals surface area contributed by atoms with Crippen molar-refractivity contribution in [1.82, 2.24) is 0 Å². The molecule has 0 aliphatic carbocycles. The van der Waals surface area contributed by atoms with Crippen LogP contribution in [0.1, 0.15) is 31.2 Å². The zero-order valence-electron chi connectivity index (χ0n) is 9.38. The second-order valence-electron chi connectivity index (χ2n) is 4.28. The van der Waals surface area contributed by atoms with Crippen LogP contribution >= 0.6 is 15.9 Å². The first-order chi connectivity index (χ1) is 7.83. The lowest BCUT2D eigenvalue weighted by atomic mass is 10.1. The van der Waals surface area contributed by atoms with Gasteiger partial charge in [0.15, 0.2) is 0 Å². The van der Waals surface area contributed by atoms with Gasteiger partial charge in [0, 0.05) is 18.4 Å². The van der Waals surface area contributed by atoms with Gasteiger partial charge in [-0.3, -0.25) is 0 Å². The van der Waals surface area contributed by atoms with Gasteiger partial charge in [0.05, 0.1) is 5.69 Å². The van der Waals surface area contributed by atoms with Crippen molar-refractivity contribution in [2.24, 2.45) is 0 Å². The summed E-state index contributed by atoms with van der Waals surface area (Å²) in [6.45, 7) is 1.97. The number of halogens is 2. The molecule has 1 saturated heterocycles. The maximum atomic E-state index is 13.9. The average molecular weight is 286 g/mol. The van der Waals surface area contributed by atoms with Gasteiger partial charge in [0.2, 0.25) is 0 Å². The molecule has 88 valence electrons. The quantitative estimate of drug-likeness (QED) is 0.740. The fourth-order valence-corrected chi connectivity index (χ4v) is 2.77. The number of nitrogens with zero attached hydrogens (tertiary/aromatic N) is 1. The molecule has 2 rings (SSSR count). The van der Waals surface area contributed by atoms with E-state index < -0.39 is 0 Å². The minimum atomic E-state index is -0.0844. The molecule has 0 radical (unpaired) electrons. The molecule has 3 heteroatoms. The molecule has 1 nitrogen and oxygen atoms in total. The summed E-state index contributed by atoms with van der Waals surface area (Å²) in [5, 5.41) is 0.719. The van der Waals surface area contributed by atoms with Crippen LogP contribution < -0.4 is 4.90 Å². The third-order valence-corrected chi connectivity index (χ3v) is 3.74. The molecule has 0 saturated carbocycles. The zero-order valence-corrected chi connectivity index (χ0v) is 11.0. The van der Waals surface area contributed by atoms with Crippen LogP contribution in [0.3, 0.4) is 0 Å².